The number of aromatic nitrogens is 4. The molecule has 1 N–H and O–H groups in total. The van der Waals surface area contributed by atoms with E-state index in [1.54, 1.807) is 18.6 Å². The summed E-state index contributed by atoms with van der Waals surface area (Å²) in [4.78, 5) is 8.31. The van der Waals surface area contributed by atoms with Crippen LogP contribution in [0, 0.1) is 6.92 Å². The van der Waals surface area contributed by atoms with Crippen LogP contribution in [0.5, 0.6) is 0 Å². The second-order valence-corrected chi connectivity index (χ2v) is 3.38. The maximum Gasteiger partial charge on any atom is 0.222 e. The monoisotopic (exact) mass is 203 g/mol. The molecule has 0 aliphatic heterocycles. The number of aryl methyl sites for hydroxylation is 2. The largest absolute Gasteiger partial charge is 0.349 e. The maximum atomic E-state index is 4.16. The van der Waals surface area contributed by atoms with E-state index in [1.807, 2.05) is 24.7 Å². The summed E-state index contributed by atoms with van der Waals surface area (Å²) >= 11 is 0. The van der Waals surface area contributed by atoms with Gasteiger partial charge < -0.3 is 5.32 Å². The molecule has 5 nitrogen and oxygen atoms in total. The van der Waals surface area contributed by atoms with Crippen molar-refractivity contribution in [1.82, 2.24) is 19.7 Å². The van der Waals surface area contributed by atoms with Crippen molar-refractivity contribution in [3.05, 3.63) is 35.9 Å². The van der Waals surface area contributed by atoms with E-state index in [-0.39, 0.29) is 0 Å². The molecular weight excluding hydrogens is 190 g/mol. The van der Waals surface area contributed by atoms with Crippen molar-refractivity contribution in [3.63, 3.8) is 0 Å². The van der Waals surface area contributed by atoms with Crippen molar-refractivity contribution in [1.29, 1.82) is 0 Å². The SMILES string of the molecule is Cc1cnc(NCc2ccnn2C)nc1. The van der Waals surface area contributed by atoms with Gasteiger partial charge in [-0.1, -0.05) is 0 Å². The van der Waals surface area contributed by atoms with Gasteiger partial charge in [0, 0.05) is 25.6 Å². The number of nitrogens with one attached hydrogen (secondary N) is 1. The van der Waals surface area contributed by atoms with Crippen LogP contribution in [0.1, 0.15) is 11.3 Å². The molecule has 5 heteroatoms. The topological polar surface area (TPSA) is 55.6 Å². The van der Waals surface area contributed by atoms with Crippen molar-refractivity contribution in [2.45, 2.75) is 13.5 Å². The Kier molecular flexibility index (Phi) is 2.62. The average molecular weight is 203 g/mol. The van der Waals surface area contributed by atoms with Crippen molar-refractivity contribution >= 4 is 5.95 Å². The van der Waals surface area contributed by atoms with E-state index in [0.717, 1.165) is 11.3 Å². The lowest BCUT2D eigenvalue weighted by atomic mass is 10.4. The fraction of sp³-hybridized carbons (Fsp3) is 0.300. The maximum absolute atomic E-state index is 4.16. The summed E-state index contributed by atoms with van der Waals surface area (Å²) in [5.41, 5.74) is 2.15. The highest BCUT2D eigenvalue weighted by Crippen LogP contribution is 2.02. The highest BCUT2D eigenvalue weighted by atomic mass is 15.3. The molecule has 0 aliphatic carbocycles. The first kappa shape index (κ1) is 9.64. The molecule has 0 radical (unpaired) electrons. The molecule has 0 atom stereocenters. The minimum Gasteiger partial charge on any atom is -0.349 e. The van der Waals surface area contributed by atoms with Gasteiger partial charge in [0.15, 0.2) is 0 Å². The zero-order valence-electron chi connectivity index (χ0n) is 8.81. The smallest absolute Gasteiger partial charge is 0.222 e. The zero-order valence-corrected chi connectivity index (χ0v) is 8.81. The van der Waals surface area contributed by atoms with E-state index in [1.165, 1.54) is 0 Å². The summed E-state index contributed by atoms with van der Waals surface area (Å²) in [5.74, 6) is 0.641. The van der Waals surface area contributed by atoms with Gasteiger partial charge in [0.05, 0.1) is 12.2 Å². The van der Waals surface area contributed by atoms with Gasteiger partial charge >= 0.3 is 0 Å². The Balaban J connectivity index is 1.99. The molecule has 0 aromatic carbocycles. The molecular formula is C10H13N5. The minimum atomic E-state index is 0.641. The van der Waals surface area contributed by atoms with E-state index < -0.39 is 0 Å². The molecule has 0 saturated carbocycles. The standard InChI is InChI=1S/C10H13N5/c1-8-5-11-10(12-6-8)13-7-9-3-4-14-15(9)2/h3-6H,7H2,1-2H3,(H,11,12,13). The highest BCUT2D eigenvalue weighted by Gasteiger charge is 1.99. The predicted octanol–water partition coefficient (Wildman–Crippen LogP) is 1.13. The van der Waals surface area contributed by atoms with Gasteiger partial charge in [0.2, 0.25) is 5.95 Å². The number of rotatable bonds is 3. The van der Waals surface area contributed by atoms with Crippen molar-refractivity contribution in [3.8, 4) is 0 Å². The van der Waals surface area contributed by atoms with E-state index >= 15 is 0 Å². The summed E-state index contributed by atoms with van der Waals surface area (Å²) in [5, 5.41) is 7.21. The van der Waals surface area contributed by atoms with E-state index in [0.29, 0.717) is 12.5 Å². The third kappa shape index (κ3) is 2.31. The molecule has 78 valence electrons. The summed E-state index contributed by atoms with van der Waals surface area (Å²) in [7, 11) is 1.91. The average Bonchev–Trinajstić information content (AvgIpc) is 2.63. The van der Waals surface area contributed by atoms with Crippen LogP contribution in [-0.4, -0.2) is 19.7 Å². The highest BCUT2D eigenvalue weighted by molar-refractivity contribution is 5.25. The molecule has 0 spiro atoms. The summed E-state index contributed by atoms with van der Waals surface area (Å²) in [6.07, 6.45) is 5.35. The molecule has 0 bridgehead atoms. The Bertz CT molecular complexity index is 431. The van der Waals surface area contributed by atoms with Gasteiger partial charge in [0.25, 0.3) is 0 Å². The van der Waals surface area contributed by atoms with Gasteiger partial charge in [-0.15, -0.1) is 0 Å². The van der Waals surface area contributed by atoms with Crippen LogP contribution in [0.15, 0.2) is 24.7 Å². The quantitative estimate of drug-likeness (QED) is 0.812. The lowest BCUT2D eigenvalue weighted by Crippen LogP contribution is -2.07. The van der Waals surface area contributed by atoms with Crippen LogP contribution < -0.4 is 5.32 Å². The number of hydrogen-bond donors (Lipinski definition) is 1. The van der Waals surface area contributed by atoms with Crippen LogP contribution in [0.2, 0.25) is 0 Å². The molecule has 2 heterocycles. The Labute approximate surface area is 88.2 Å². The predicted molar refractivity (Wildman–Crippen MR) is 57.3 cm³/mol. The molecule has 2 rings (SSSR count). The lowest BCUT2D eigenvalue weighted by Gasteiger charge is -2.04. The van der Waals surface area contributed by atoms with E-state index in [2.05, 4.69) is 20.4 Å². The van der Waals surface area contributed by atoms with Crippen molar-refractivity contribution in [2.75, 3.05) is 5.32 Å². The Morgan fingerprint density at radius 3 is 2.67 bits per heavy atom. The molecule has 15 heavy (non-hydrogen) atoms. The molecule has 0 saturated heterocycles. The minimum absolute atomic E-state index is 0.641. The second kappa shape index (κ2) is 4.08. The van der Waals surface area contributed by atoms with Gasteiger partial charge in [-0.3, -0.25) is 4.68 Å². The number of hydrogen-bond acceptors (Lipinski definition) is 4. The molecule has 0 aliphatic rings. The van der Waals surface area contributed by atoms with Gasteiger partial charge in [-0.2, -0.15) is 5.10 Å². The summed E-state index contributed by atoms with van der Waals surface area (Å²) < 4.78 is 1.82. The summed E-state index contributed by atoms with van der Waals surface area (Å²) in [6, 6.07) is 1.96. The van der Waals surface area contributed by atoms with Crippen LogP contribution in [-0.2, 0) is 13.6 Å². The van der Waals surface area contributed by atoms with E-state index in [4.69, 9.17) is 0 Å². The van der Waals surface area contributed by atoms with Crippen molar-refractivity contribution < 1.29 is 0 Å². The first-order valence-corrected chi connectivity index (χ1v) is 4.75. The van der Waals surface area contributed by atoms with Gasteiger partial charge in [-0.05, 0) is 18.6 Å². The fourth-order valence-electron chi connectivity index (χ4n) is 1.23. The molecule has 0 amide bonds. The third-order valence-electron chi connectivity index (χ3n) is 2.13. The number of anilines is 1. The Morgan fingerprint density at radius 2 is 2.07 bits per heavy atom. The molecule has 0 fully saturated rings. The first-order chi connectivity index (χ1) is 7.25. The Hall–Kier alpha value is -1.91. The van der Waals surface area contributed by atoms with E-state index in [9.17, 15) is 0 Å². The molecule has 0 unspecified atom stereocenters. The first-order valence-electron chi connectivity index (χ1n) is 4.75. The zero-order chi connectivity index (χ0) is 10.7. The van der Waals surface area contributed by atoms with Gasteiger partial charge in [0.1, 0.15) is 0 Å². The fourth-order valence-corrected chi connectivity index (χ4v) is 1.23. The van der Waals surface area contributed by atoms with Gasteiger partial charge in [-0.25, -0.2) is 9.97 Å². The summed E-state index contributed by atoms with van der Waals surface area (Å²) in [6.45, 7) is 2.64. The van der Waals surface area contributed by atoms with Crippen molar-refractivity contribution in [2.24, 2.45) is 7.05 Å². The second-order valence-electron chi connectivity index (χ2n) is 3.38. The molecule has 2 aromatic heterocycles. The Morgan fingerprint density at radius 1 is 1.33 bits per heavy atom. The van der Waals surface area contributed by atoms with Crippen LogP contribution >= 0.6 is 0 Å². The molecule has 2 aromatic rings. The lowest BCUT2D eigenvalue weighted by molar-refractivity contribution is 0.719. The van der Waals surface area contributed by atoms with Crippen LogP contribution in [0.25, 0.3) is 0 Å². The number of nitrogens with zero attached hydrogens (tertiary/aromatic N) is 4. The third-order valence-corrected chi connectivity index (χ3v) is 2.13. The van der Waals surface area contributed by atoms with Crippen LogP contribution in [0.3, 0.4) is 0 Å². The normalized spacial score (nSPS) is 10.3. The van der Waals surface area contributed by atoms with Crippen LogP contribution in [0.4, 0.5) is 5.95 Å².